The molecule has 2 aromatic carbocycles. The Kier molecular flexibility index (Phi) is 7.70. The van der Waals surface area contributed by atoms with Gasteiger partial charge in [-0.05, 0) is 43.3 Å². The number of hydrogen-bond donors (Lipinski definition) is 1. The number of hydrogen-bond acceptors (Lipinski definition) is 7. The summed E-state index contributed by atoms with van der Waals surface area (Å²) in [6.07, 6.45) is 0. The van der Waals surface area contributed by atoms with Crippen molar-refractivity contribution in [3.8, 4) is 5.75 Å². The minimum atomic E-state index is -3.86. The summed E-state index contributed by atoms with van der Waals surface area (Å²) in [5.41, 5.74) is 1.05. The van der Waals surface area contributed by atoms with Crippen LogP contribution in [0.2, 0.25) is 0 Å². The molecule has 1 N–H and O–H groups in total. The van der Waals surface area contributed by atoms with E-state index in [1.807, 2.05) is 24.3 Å². The number of ether oxygens (including phenoxy) is 2. The lowest BCUT2D eigenvalue weighted by Gasteiger charge is -2.36. The first-order valence-electron chi connectivity index (χ1n) is 10.2. The molecule has 9 nitrogen and oxygen atoms in total. The van der Waals surface area contributed by atoms with Crippen LogP contribution in [0.15, 0.2) is 59.5 Å². The Balaban J connectivity index is 1.44. The number of nitrogens with one attached hydrogen (secondary N) is 1. The standard InChI is InChI=1S/C22H27N3O6S/c1-17(23-32(28,29)20-6-4-3-5-7-20)22(27)31-16-21(26)25-14-12-24(13-15-25)18-8-10-19(30-2)11-9-18/h3-11,17,23H,12-16H2,1-2H3. The van der Waals surface area contributed by atoms with Gasteiger partial charge in [0, 0.05) is 31.9 Å². The number of piperazine rings is 1. The van der Waals surface area contributed by atoms with E-state index in [9.17, 15) is 18.0 Å². The van der Waals surface area contributed by atoms with E-state index in [0.717, 1.165) is 11.4 Å². The number of rotatable bonds is 8. The van der Waals surface area contributed by atoms with E-state index in [0.29, 0.717) is 26.2 Å². The van der Waals surface area contributed by atoms with Gasteiger partial charge in [-0.1, -0.05) is 18.2 Å². The van der Waals surface area contributed by atoms with Gasteiger partial charge in [0.05, 0.1) is 12.0 Å². The van der Waals surface area contributed by atoms with Gasteiger partial charge in [-0.15, -0.1) is 0 Å². The van der Waals surface area contributed by atoms with Crippen LogP contribution in [0.25, 0.3) is 0 Å². The van der Waals surface area contributed by atoms with Gasteiger partial charge in [0.1, 0.15) is 11.8 Å². The van der Waals surface area contributed by atoms with Crippen LogP contribution in [0.5, 0.6) is 5.75 Å². The maximum atomic E-state index is 12.4. The molecule has 1 unspecified atom stereocenters. The van der Waals surface area contributed by atoms with E-state index in [4.69, 9.17) is 9.47 Å². The largest absolute Gasteiger partial charge is 0.497 e. The Bertz CT molecular complexity index is 1020. The van der Waals surface area contributed by atoms with E-state index >= 15 is 0 Å². The molecule has 0 radical (unpaired) electrons. The lowest BCUT2D eigenvalue weighted by atomic mass is 10.2. The number of amides is 1. The van der Waals surface area contributed by atoms with Crippen LogP contribution in [0, 0.1) is 0 Å². The molecule has 1 heterocycles. The Morgan fingerprint density at radius 1 is 1.00 bits per heavy atom. The number of sulfonamides is 1. The van der Waals surface area contributed by atoms with Gasteiger partial charge in [0.2, 0.25) is 10.0 Å². The lowest BCUT2D eigenvalue weighted by Crippen LogP contribution is -2.50. The van der Waals surface area contributed by atoms with E-state index in [1.54, 1.807) is 30.2 Å². The Morgan fingerprint density at radius 2 is 1.62 bits per heavy atom. The van der Waals surface area contributed by atoms with E-state index < -0.39 is 28.6 Å². The molecule has 1 aliphatic rings. The van der Waals surface area contributed by atoms with Crippen molar-refractivity contribution >= 4 is 27.6 Å². The lowest BCUT2D eigenvalue weighted by molar-refractivity contribution is -0.153. The molecule has 2 aromatic rings. The molecule has 0 bridgehead atoms. The summed E-state index contributed by atoms with van der Waals surface area (Å²) in [5.74, 6) is -0.342. The van der Waals surface area contributed by atoms with Gasteiger partial charge in [0.25, 0.3) is 5.91 Å². The van der Waals surface area contributed by atoms with Crippen LogP contribution < -0.4 is 14.4 Å². The highest BCUT2D eigenvalue weighted by Gasteiger charge is 2.26. The van der Waals surface area contributed by atoms with E-state index in [-0.39, 0.29) is 10.8 Å². The SMILES string of the molecule is COc1ccc(N2CCN(C(=O)COC(=O)C(C)NS(=O)(=O)c3ccccc3)CC2)cc1. The quantitative estimate of drug-likeness (QED) is 0.590. The van der Waals surface area contributed by atoms with Crippen molar-refractivity contribution < 1.29 is 27.5 Å². The second-order valence-corrected chi connectivity index (χ2v) is 9.04. The highest BCUT2D eigenvalue weighted by Crippen LogP contribution is 2.20. The molecule has 32 heavy (non-hydrogen) atoms. The van der Waals surface area contributed by atoms with Crippen molar-refractivity contribution in [2.45, 2.75) is 17.9 Å². The molecule has 0 aliphatic carbocycles. The zero-order chi connectivity index (χ0) is 23.1. The maximum absolute atomic E-state index is 12.4. The first-order valence-corrected chi connectivity index (χ1v) is 11.7. The molecule has 1 atom stereocenters. The second-order valence-electron chi connectivity index (χ2n) is 7.33. The number of nitrogens with zero attached hydrogens (tertiary/aromatic N) is 2. The van der Waals surface area contributed by atoms with Gasteiger partial charge < -0.3 is 19.3 Å². The smallest absolute Gasteiger partial charge is 0.324 e. The van der Waals surface area contributed by atoms with Crippen LogP contribution in [0.4, 0.5) is 5.69 Å². The third-order valence-electron chi connectivity index (χ3n) is 5.15. The minimum absolute atomic E-state index is 0.0467. The molecule has 1 amide bonds. The third kappa shape index (κ3) is 5.98. The van der Waals surface area contributed by atoms with Gasteiger partial charge in [0.15, 0.2) is 6.61 Å². The van der Waals surface area contributed by atoms with Crippen molar-refractivity contribution in [2.75, 3.05) is 44.8 Å². The average molecular weight is 462 g/mol. The summed E-state index contributed by atoms with van der Waals surface area (Å²) in [7, 11) is -2.24. The van der Waals surface area contributed by atoms with E-state index in [2.05, 4.69) is 9.62 Å². The average Bonchev–Trinajstić information content (AvgIpc) is 2.82. The summed E-state index contributed by atoms with van der Waals surface area (Å²) >= 11 is 0. The predicted octanol–water partition coefficient (Wildman–Crippen LogP) is 1.25. The summed E-state index contributed by atoms with van der Waals surface area (Å²) in [6, 6.07) is 14.3. The number of esters is 1. The highest BCUT2D eigenvalue weighted by atomic mass is 32.2. The van der Waals surface area contributed by atoms with Gasteiger partial charge in [-0.25, -0.2) is 8.42 Å². The van der Waals surface area contributed by atoms with Gasteiger partial charge in [-0.3, -0.25) is 9.59 Å². The van der Waals surface area contributed by atoms with Crippen LogP contribution >= 0.6 is 0 Å². The zero-order valence-corrected chi connectivity index (χ0v) is 18.9. The molecule has 0 spiro atoms. The topological polar surface area (TPSA) is 105 Å². The van der Waals surface area contributed by atoms with Crippen molar-refractivity contribution in [3.05, 3.63) is 54.6 Å². The summed E-state index contributed by atoms with van der Waals surface area (Å²) in [6.45, 7) is 3.25. The first kappa shape index (κ1) is 23.6. The van der Waals surface area contributed by atoms with Gasteiger partial charge >= 0.3 is 5.97 Å². The van der Waals surface area contributed by atoms with Crippen molar-refractivity contribution in [1.82, 2.24) is 9.62 Å². The normalized spacial score (nSPS) is 15.2. The fraction of sp³-hybridized carbons (Fsp3) is 0.364. The molecule has 1 aliphatic heterocycles. The van der Waals surface area contributed by atoms with Gasteiger partial charge in [-0.2, -0.15) is 4.72 Å². The Labute approximate surface area is 188 Å². The van der Waals surface area contributed by atoms with Crippen LogP contribution in [-0.2, 0) is 24.3 Å². The molecular weight excluding hydrogens is 434 g/mol. The third-order valence-corrected chi connectivity index (χ3v) is 6.70. The molecule has 0 aromatic heterocycles. The fourth-order valence-electron chi connectivity index (χ4n) is 3.30. The first-order chi connectivity index (χ1) is 15.3. The summed E-state index contributed by atoms with van der Waals surface area (Å²) in [4.78, 5) is 28.5. The second kappa shape index (κ2) is 10.5. The Hall–Kier alpha value is -3.11. The number of methoxy groups -OCH3 is 1. The molecule has 1 saturated heterocycles. The van der Waals surface area contributed by atoms with Crippen molar-refractivity contribution in [1.29, 1.82) is 0 Å². The van der Waals surface area contributed by atoms with Crippen LogP contribution in [0.1, 0.15) is 6.92 Å². The predicted molar refractivity (Wildman–Crippen MR) is 119 cm³/mol. The zero-order valence-electron chi connectivity index (χ0n) is 18.1. The molecule has 1 fully saturated rings. The molecule has 0 saturated carbocycles. The maximum Gasteiger partial charge on any atom is 0.324 e. The summed E-state index contributed by atoms with van der Waals surface area (Å²) < 4.78 is 37.1. The van der Waals surface area contributed by atoms with Crippen molar-refractivity contribution in [3.63, 3.8) is 0 Å². The van der Waals surface area contributed by atoms with Crippen LogP contribution in [-0.4, -0.2) is 71.1 Å². The summed E-state index contributed by atoms with van der Waals surface area (Å²) in [5, 5.41) is 0. The van der Waals surface area contributed by atoms with E-state index in [1.165, 1.54) is 19.1 Å². The number of carbonyl (C=O) groups excluding carboxylic acids is 2. The number of benzene rings is 2. The Morgan fingerprint density at radius 3 is 2.22 bits per heavy atom. The molecule has 172 valence electrons. The molecule has 3 rings (SSSR count). The number of carbonyl (C=O) groups is 2. The number of anilines is 1. The van der Waals surface area contributed by atoms with Crippen molar-refractivity contribution in [2.24, 2.45) is 0 Å². The molecule has 10 heteroatoms. The monoisotopic (exact) mass is 461 g/mol. The highest BCUT2D eigenvalue weighted by molar-refractivity contribution is 7.89. The fourth-order valence-corrected chi connectivity index (χ4v) is 4.52. The van der Waals surface area contributed by atoms with Crippen LogP contribution in [0.3, 0.4) is 0 Å². The minimum Gasteiger partial charge on any atom is -0.497 e. The molecular formula is C22H27N3O6S.